The molecule has 0 fully saturated rings. The van der Waals surface area contributed by atoms with Crippen molar-refractivity contribution in [1.82, 2.24) is 0 Å². The third kappa shape index (κ3) is 20.2. The molecule has 0 aromatic heterocycles. The van der Waals surface area contributed by atoms with Crippen molar-refractivity contribution in [2.24, 2.45) is 0 Å². The quantitative estimate of drug-likeness (QED) is 0.180. The molecule has 0 radical (unpaired) electrons. The third-order valence-electron chi connectivity index (χ3n) is 1.82. The van der Waals surface area contributed by atoms with E-state index in [0.717, 1.165) is 32.5 Å². The van der Waals surface area contributed by atoms with Crippen LogP contribution in [0.2, 0.25) is 0 Å². The van der Waals surface area contributed by atoms with Gasteiger partial charge >= 0.3 is 23.1 Å². The summed E-state index contributed by atoms with van der Waals surface area (Å²) in [6.45, 7) is 7.89. The zero-order valence-electron chi connectivity index (χ0n) is 10.4. The standard InChI is InChI=1S/C12H23O2.ClH.Mg/c1-3-5-7-9-11-14-12-13-10-8-6-4-2;;/h5,7H,1,3-4,6,8-12H2,2H3;1H;/q-1;;+2/p-1/b7-5+;;. The first-order chi connectivity index (χ1) is 6.91. The van der Waals surface area contributed by atoms with E-state index in [-0.39, 0.29) is 35.5 Å². The molecule has 0 atom stereocenters. The molecule has 0 bridgehead atoms. The molecule has 0 amide bonds. The van der Waals surface area contributed by atoms with Crippen LogP contribution in [0.4, 0.5) is 0 Å². The molecule has 0 aliphatic carbocycles. The first-order valence-electron chi connectivity index (χ1n) is 5.51. The smallest absolute Gasteiger partial charge is 1.00 e. The molecule has 0 aromatic carbocycles. The summed E-state index contributed by atoms with van der Waals surface area (Å²) in [6, 6.07) is 0. The Kier molecular flexibility index (Phi) is 28.9. The van der Waals surface area contributed by atoms with Crippen molar-refractivity contribution in [2.75, 3.05) is 20.0 Å². The molecular formula is C12H23ClMgO2. The van der Waals surface area contributed by atoms with E-state index < -0.39 is 0 Å². The van der Waals surface area contributed by atoms with Crippen LogP contribution in [0.15, 0.2) is 12.2 Å². The maximum absolute atomic E-state index is 5.28. The van der Waals surface area contributed by atoms with Gasteiger partial charge in [0.2, 0.25) is 0 Å². The summed E-state index contributed by atoms with van der Waals surface area (Å²) in [6.07, 6.45) is 9.56. The van der Waals surface area contributed by atoms with Gasteiger partial charge in [-0.15, -0.1) is 6.08 Å². The van der Waals surface area contributed by atoms with Gasteiger partial charge in [0.25, 0.3) is 0 Å². The van der Waals surface area contributed by atoms with Crippen molar-refractivity contribution >= 4 is 23.1 Å². The minimum Gasteiger partial charge on any atom is -1.00 e. The van der Waals surface area contributed by atoms with E-state index in [9.17, 15) is 0 Å². The van der Waals surface area contributed by atoms with Crippen LogP contribution in [-0.4, -0.2) is 43.1 Å². The van der Waals surface area contributed by atoms with Crippen LogP contribution in [-0.2, 0) is 9.47 Å². The van der Waals surface area contributed by atoms with Gasteiger partial charge in [-0.05, 0) is 12.8 Å². The van der Waals surface area contributed by atoms with Gasteiger partial charge in [-0.1, -0.05) is 25.8 Å². The second-order valence-electron chi connectivity index (χ2n) is 3.19. The van der Waals surface area contributed by atoms with Crippen molar-refractivity contribution < 1.29 is 21.9 Å². The first kappa shape index (κ1) is 21.9. The number of rotatable bonds is 10. The van der Waals surface area contributed by atoms with Crippen LogP contribution in [0.25, 0.3) is 0 Å². The number of hydrogen-bond donors (Lipinski definition) is 0. The van der Waals surface area contributed by atoms with Gasteiger partial charge in [0, 0.05) is 6.61 Å². The van der Waals surface area contributed by atoms with E-state index in [4.69, 9.17) is 9.47 Å². The van der Waals surface area contributed by atoms with Gasteiger partial charge in [0.05, 0.1) is 6.61 Å². The fraction of sp³-hybridized carbons (Fsp3) is 0.750. The summed E-state index contributed by atoms with van der Waals surface area (Å²) in [5.41, 5.74) is 0. The largest absolute Gasteiger partial charge is 2.00 e. The van der Waals surface area contributed by atoms with E-state index in [1.807, 2.05) is 6.08 Å². The fourth-order valence-corrected chi connectivity index (χ4v) is 1.02. The molecule has 0 saturated heterocycles. The van der Waals surface area contributed by atoms with Crippen molar-refractivity contribution in [3.63, 3.8) is 0 Å². The van der Waals surface area contributed by atoms with E-state index >= 15 is 0 Å². The SMILES string of the molecule is [CH2-]C/C=C/CCOCOCCCCC.[Cl-].[Mg+2]. The van der Waals surface area contributed by atoms with Gasteiger partial charge in [-0.2, -0.15) is 6.42 Å². The summed E-state index contributed by atoms with van der Waals surface area (Å²) >= 11 is 0. The molecule has 92 valence electrons. The number of ether oxygens (including phenoxy) is 2. The van der Waals surface area contributed by atoms with Crippen LogP contribution in [0.5, 0.6) is 0 Å². The van der Waals surface area contributed by atoms with E-state index in [0.29, 0.717) is 6.79 Å². The number of allylic oxidation sites excluding steroid dienone is 1. The minimum atomic E-state index is 0. The van der Waals surface area contributed by atoms with Crippen molar-refractivity contribution in [2.45, 2.75) is 39.0 Å². The average Bonchev–Trinajstić information content (AvgIpc) is 2.21. The average molecular weight is 259 g/mol. The number of halogens is 1. The molecular weight excluding hydrogens is 236 g/mol. The zero-order chi connectivity index (χ0) is 10.5. The molecule has 0 unspecified atom stereocenters. The maximum Gasteiger partial charge on any atom is 2.00 e. The Morgan fingerprint density at radius 2 is 1.75 bits per heavy atom. The van der Waals surface area contributed by atoms with E-state index in [1.165, 1.54) is 12.8 Å². The topological polar surface area (TPSA) is 18.5 Å². The molecule has 0 spiro atoms. The monoisotopic (exact) mass is 258 g/mol. The Bertz CT molecular complexity index is 132. The summed E-state index contributed by atoms with van der Waals surface area (Å²) in [4.78, 5) is 0. The number of unbranched alkanes of at least 4 members (excludes halogenated alkanes) is 2. The van der Waals surface area contributed by atoms with Crippen LogP contribution < -0.4 is 12.4 Å². The zero-order valence-corrected chi connectivity index (χ0v) is 12.6. The molecule has 0 aliphatic rings. The van der Waals surface area contributed by atoms with Gasteiger partial charge in [-0.3, -0.25) is 0 Å². The van der Waals surface area contributed by atoms with Crippen molar-refractivity contribution in [3.8, 4) is 0 Å². The fourth-order valence-electron chi connectivity index (χ4n) is 1.02. The summed E-state index contributed by atoms with van der Waals surface area (Å²) < 4.78 is 10.6. The Hall–Kier alpha value is 0.716. The molecule has 16 heavy (non-hydrogen) atoms. The van der Waals surface area contributed by atoms with Crippen LogP contribution >= 0.6 is 0 Å². The second kappa shape index (κ2) is 21.0. The summed E-state index contributed by atoms with van der Waals surface area (Å²) in [5.74, 6) is 0. The molecule has 0 aliphatic heterocycles. The van der Waals surface area contributed by atoms with Gasteiger partial charge in [-0.25, -0.2) is 0 Å². The molecule has 0 heterocycles. The molecule has 4 heteroatoms. The second-order valence-corrected chi connectivity index (χ2v) is 3.19. The summed E-state index contributed by atoms with van der Waals surface area (Å²) in [5, 5.41) is 0. The molecule has 0 N–H and O–H groups in total. The molecule has 0 rings (SSSR count). The van der Waals surface area contributed by atoms with Gasteiger partial charge in [0.15, 0.2) is 0 Å². The van der Waals surface area contributed by atoms with Gasteiger partial charge in [0.1, 0.15) is 6.79 Å². The predicted octanol–water partition coefficient (Wildman–Crippen LogP) is -0.0390. The van der Waals surface area contributed by atoms with Crippen molar-refractivity contribution in [1.29, 1.82) is 0 Å². The predicted molar refractivity (Wildman–Crippen MR) is 65.8 cm³/mol. The Labute approximate surface area is 123 Å². The van der Waals surface area contributed by atoms with Crippen LogP contribution in [0.1, 0.15) is 39.0 Å². The Morgan fingerprint density at radius 3 is 2.38 bits per heavy atom. The minimum absolute atomic E-state index is 0. The third-order valence-corrected chi connectivity index (χ3v) is 1.82. The normalized spacial score (nSPS) is 9.88. The molecule has 0 aromatic rings. The molecule has 0 saturated carbocycles. The van der Waals surface area contributed by atoms with Gasteiger partial charge < -0.3 is 28.8 Å². The Morgan fingerprint density at radius 1 is 1.06 bits per heavy atom. The first-order valence-corrected chi connectivity index (χ1v) is 5.51. The molecule has 2 nitrogen and oxygen atoms in total. The van der Waals surface area contributed by atoms with E-state index in [2.05, 4.69) is 19.9 Å². The van der Waals surface area contributed by atoms with Crippen LogP contribution in [0, 0.1) is 6.92 Å². The maximum atomic E-state index is 5.28. The summed E-state index contributed by atoms with van der Waals surface area (Å²) in [7, 11) is 0. The Balaban J connectivity index is -0.000000845. The van der Waals surface area contributed by atoms with Crippen LogP contribution in [0.3, 0.4) is 0 Å². The van der Waals surface area contributed by atoms with E-state index in [1.54, 1.807) is 0 Å². The number of hydrogen-bond acceptors (Lipinski definition) is 2. The van der Waals surface area contributed by atoms with Crippen molar-refractivity contribution in [3.05, 3.63) is 19.1 Å².